The molecule has 11 heteroatoms. The Morgan fingerprint density at radius 3 is 2.17 bits per heavy atom. The average molecular weight is 318 g/mol. The van der Waals surface area contributed by atoms with E-state index in [1.54, 1.807) is 0 Å². The van der Waals surface area contributed by atoms with E-state index in [-0.39, 0.29) is 35.1 Å². The van der Waals surface area contributed by atoms with E-state index >= 15 is 0 Å². The number of hydrogen-bond donors (Lipinski definition) is 2. The number of hydrogen-bond acceptors (Lipinski definition) is 6. The summed E-state index contributed by atoms with van der Waals surface area (Å²) in [6, 6.07) is 3.43. The molecule has 0 aliphatic heterocycles. The van der Waals surface area contributed by atoms with Gasteiger partial charge in [-0.25, -0.2) is 4.98 Å². The third kappa shape index (κ3) is 3.27. The first-order chi connectivity index (χ1) is 7.68. The first-order valence-corrected chi connectivity index (χ1v) is 7.73. The van der Waals surface area contributed by atoms with E-state index in [1.807, 2.05) is 0 Å². The predicted octanol–water partition coefficient (Wildman–Crippen LogP) is -2.21. The van der Waals surface area contributed by atoms with Crippen molar-refractivity contribution in [2.24, 2.45) is 0 Å². The largest absolute Gasteiger partial charge is 1.00 e. The number of nitrogens with zero attached hydrogens (tertiary/aromatic N) is 1. The third-order valence-corrected chi connectivity index (χ3v) is 4.95. The summed E-state index contributed by atoms with van der Waals surface area (Å²) in [4.78, 5) is 3.17. The minimum Gasteiger partial charge on any atom is -0.282 e. The molecular weight excluding hydrogens is 313 g/mol. The van der Waals surface area contributed by atoms with Gasteiger partial charge in [0.1, 0.15) is 0 Å². The van der Waals surface area contributed by atoms with Crippen molar-refractivity contribution in [1.29, 1.82) is 0 Å². The van der Waals surface area contributed by atoms with Crippen LogP contribution in [0.5, 0.6) is 0 Å². The number of aromatic nitrogens is 1. The summed E-state index contributed by atoms with van der Waals surface area (Å²) >= 11 is 0.698. The fourth-order valence-corrected chi connectivity index (χ4v) is 3.24. The van der Waals surface area contributed by atoms with Crippen LogP contribution in [0.1, 0.15) is 0 Å². The molecular formula is C7H5NNaO6S3+. The van der Waals surface area contributed by atoms with Gasteiger partial charge in [0.2, 0.25) is 4.34 Å². The summed E-state index contributed by atoms with van der Waals surface area (Å²) in [5.74, 6) is 0. The Morgan fingerprint density at radius 1 is 1.06 bits per heavy atom. The van der Waals surface area contributed by atoms with E-state index in [9.17, 15) is 16.8 Å². The van der Waals surface area contributed by atoms with Crippen molar-refractivity contribution in [2.75, 3.05) is 0 Å². The zero-order chi connectivity index (χ0) is 12.8. The first kappa shape index (κ1) is 16.0. The maximum Gasteiger partial charge on any atom is 1.00 e. The minimum absolute atomic E-state index is 0. The van der Waals surface area contributed by atoms with E-state index < -0.39 is 29.5 Å². The Hall–Kier alpha value is -0.0700. The van der Waals surface area contributed by atoms with Crippen LogP contribution in [0.2, 0.25) is 0 Å². The van der Waals surface area contributed by atoms with Crippen LogP contribution in [0, 0.1) is 0 Å². The molecule has 0 radical (unpaired) electrons. The van der Waals surface area contributed by atoms with E-state index in [2.05, 4.69) is 4.98 Å². The van der Waals surface area contributed by atoms with E-state index in [1.165, 1.54) is 6.07 Å². The average Bonchev–Trinajstić information content (AvgIpc) is 2.57. The van der Waals surface area contributed by atoms with Gasteiger partial charge < -0.3 is 0 Å². The van der Waals surface area contributed by atoms with Gasteiger partial charge in [-0.1, -0.05) is 0 Å². The number of thiazole rings is 1. The van der Waals surface area contributed by atoms with Crippen molar-refractivity contribution in [3.05, 3.63) is 18.2 Å². The standard InChI is InChI=1S/C7H5NO6S3.Na/c9-16(10,11)4-1-2-6-5(3-4)8-7(15-6)17(12,13)14;/h1-3H,(H,9,10,11)(H,12,13,14);/q;+1. The summed E-state index contributed by atoms with van der Waals surface area (Å²) in [6.07, 6.45) is 0. The molecule has 2 aromatic rings. The van der Waals surface area contributed by atoms with Gasteiger partial charge in [0, 0.05) is 0 Å². The van der Waals surface area contributed by atoms with Crippen molar-refractivity contribution in [2.45, 2.75) is 9.24 Å². The van der Waals surface area contributed by atoms with Crippen LogP contribution in [0.3, 0.4) is 0 Å². The summed E-state index contributed by atoms with van der Waals surface area (Å²) in [7, 11) is -8.79. The zero-order valence-corrected chi connectivity index (χ0v) is 13.4. The van der Waals surface area contributed by atoms with Gasteiger partial charge in [0.05, 0.1) is 15.1 Å². The monoisotopic (exact) mass is 318 g/mol. The molecule has 1 aromatic heterocycles. The van der Waals surface area contributed by atoms with Crippen LogP contribution < -0.4 is 29.6 Å². The van der Waals surface area contributed by atoms with Gasteiger partial charge in [-0.05, 0) is 18.2 Å². The number of fused-ring (bicyclic) bond motifs is 1. The molecule has 0 fully saturated rings. The molecule has 0 atom stereocenters. The van der Waals surface area contributed by atoms with Gasteiger partial charge >= 0.3 is 39.7 Å². The Bertz CT molecular complexity index is 764. The molecule has 18 heavy (non-hydrogen) atoms. The Kier molecular flexibility index (Phi) is 4.56. The molecule has 0 unspecified atom stereocenters. The molecule has 0 amide bonds. The fraction of sp³-hybridized carbons (Fsp3) is 0. The zero-order valence-electron chi connectivity index (χ0n) is 8.93. The Balaban J connectivity index is 0.00000162. The molecule has 2 rings (SSSR count). The molecule has 1 aromatic carbocycles. The third-order valence-electron chi connectivity index (χ3n) is 1.86. The SMILES string of the molecule is O=S(=O)(O)c1ccc2sc(S(=O)(=O)O)nc2c1.[Na+]. The van der Waals surface area contributed by atoms with Gasteiger partial charge in [-0.15, -0.1) is 11.3 Å². The Morgan fingerprint density at radius 2 is 1.67 bits per heavy atom. The summed E-state index contributed by atoms with van der Waals surface area (Å²) < 4.78 is 60.7. The maximum absolute atomic E-state index is 10.8. The van der Waals surface area contributed by atoms with Crippen molar-refractivity contribution in [1.82, 2.24) is 4.98 Å². The number of benzene rings is 1. The van der Waals surface area contributed by atoms with Gasteiger partial charge in [-0.3, -0.25) is 9.11 Å². The van der Waals surface area contributed by atoms with E-state index in [0.29, 0.717) is 16.0 Å². The minimum atomic E-state index is -4.42. The van der Waals surface area contributed by atoms with Gasteiger partial charge in [0.15, 0.2) is 0 Å². The molecule has 92 valence electrons. The molecule has 1 heterocycles. The van der Waals surface area contributed by atoms with E-state index in [0.717, 1.165) is 12.1 Å². The predicted molar refractivity (Wildman–Crippen MR) is 59.2 cm³/mol. The van der Waals surface area contributed by atoms with Gasteiger partial charge in [0.25, 0.3) is 10.1 Å². The molecule has 7 nitrogen and oxygen atoms in total. The van der Waals surface area contributed by atoms with Crippen molar-refractivity contribution in [3.63, 3.8) is 0 Å². The second-order valence-corrected chi connectivity index (χ2v) is 7.11. The second kappa shape index (κ2) is 5.13. The molecule has 0 saturated carbocycles. The maximum atomic E-state index is 10.8. The van der Waals surface area contributed by atoms with E-state index in [4.69, 9.17) is 9.11 Å². The Labute approximate surface area is 129 Å². The van der Waals surface area contributed by atoms with Gasteiger partial charge in [-0.2, -0.15) is 16.8 Å². The summed E-state index contributed by atoms with van der Waals surface area (Å²) in [5, 5.41) is 0. The second-order valence-electron chi connectivity index (χ2n) is 3.06. The summed E-state index contributed by atoms with van der Waals surface area (Å²) in [6.45, 7) is 0. The molecule has 2 N–H and O–H groups in total. The molecule has 0 saturated heterocycles. The molecule has 0 aliphatic rings. The molecule has 0 aliphatic carbocycles. The molecule has 0 bridgehead atoms. The van der Waals surface area contributed by atoms with Crippen LogP contribution in [-0.4, -0.2) is 30.9 Å². The van der Waals surface area contributed by atoms with Crippen LogP contribution in [0.25, 0.3) is 10.2 Å². The van der Waals surface area contributed by atoms with Crippen LogP contribution in [0.4, 0.5) is 0 Å². The first-order valence-electron chi connectivity index (χ1n) is 4.03. The normalized spacial score (nSPS) is 12.3. The van der Waals surface area contributed by atoms with Crippen molar-refractivity contribution in [3.8, 4) is 0 Å². The molecule has 0 spiro atoms. The number of rotatable bonds is 2. The van der Waals surface area contributed by atoms with Crippen LogP contribution in [-0.2, 0) is 20.2 Å². The van der Waals surface area contributed by atoms with Crippen molar-refractivity contribution < 1.29 is 55.5 Å². The smallest absolute Gasteiger partial charge is 0.282 e. The fourth-order valence-electron chi connectivity index (χ4n) is 1.16. The van der Waals surface area contributed by atoms with Crippen LogP contribution >= 0.6 is 11.3 Å². The summed E-state index contributed by atoms with van der Waals surface area (Å²) in [5.41, 5.74) is 0.0674. The topological polar surface area (TPSA) is 122 Å². The van der Waals surface area contributed by atoms with Crippen molar-refractivity contribution >= 4 is 41.8 Å². The quantitative estimate of drug-likeness (QED) is 0.476. The van der Waals surface area contributed by atoms with Crippen LogP contribution in [0.15, 0.2) is 27.4 Å².